The zero-order chi connectivity index (χ0) is 31.2. The van der Waals surface area contributed by atoms with Crippen molar-refractivity contribution in [2.45, 2.75) is 78.6 Å². The third-order valence-corrected chi connectivity index (χ3v) is 9.73. The smallest absolute Gasteiger partial charge is 0.317 e. The number of benzene rings is 3. The van der Waals surface area contributed by atoms with Gasteiger partial charge in [0.1, 0.15) is 5.82 Å². The van der Waals surface area contributed by atoms with Gasteiger partial charge in [0.05, 0.1) is 23.6 Å². The minimum absolute atomic E-state index is 0.0625. The van der Waals surface area contributed by atoms with Gasteiger partial charge in [0.15, 0.2) is 0 Å². The van der Waals surface area contributed by atoms with E-state index in [1.807, 2.05) is 36.1 Å². The van der Waals surface area contributed by atoms with Crippen molar-refractivity contribution in [2.75, 3.05) is 11.4 Å². The Kier molecular flexibility index (Phi) is 10.2. The van der Waals surface area contributed by atoms with Crippen LogP contribution in [0.2, 0.25) is 0 Å². The number of H-pyrrole nitrogens is 1. The number of carbonyl (C=O) groups is 1. The van der Waals surface area contributed by atoms with Crippen LogP contribution in [-0.4, -0.2) is 38.5 Å². The Morgan fingerprint density at radius 1 is 0.886 bits per heavy atom. The molecule has 6 nitrogen and oxygen atoms in total. The number of nitrogens with one attached hydrogen (secondary N) is 1. The van der Waals surface area contributed by atoms with Crippen LogP contribution in [0.4, 0.5) is 5.69 Å². The van der Waals surface area contributed by atoms with E-state index in [9.17, 15) is 9.90 Å². The summed E-state index contributed by atoms with van der Waals surface area (Å²) in [5.41, 5.74) is 6.97. The first-order valence-electron chi connectivity index (χ1n) is 15.7. The van der Waals surface area contributed by atoms with Crippen molar-refractivity contribution in [3.63, 3.8) is 0 Å². The number of hydrogen-bond donors (Lipinski definition) is 2. The molecule has 0 bridgehead atoms. The largest absolute Gasteiger partial charge is 0.480 e. The summed E-state index contributed by atoms with van der Waals surface area (Å²) >= 11 is 1.71. The number of aliphatic carboxylic acids is 1. The Balaban J connectivity index is 1.27. The van der Waals surface area contributed by atoms with Gasteiger partial charge in [0, 0.05) is 34.6 Å². The summed E-state index contributed by atoms with van der Waals surface area (Å²) in [5.74, 6) is 0.553. The van der Waals surface area contributed by atoms with Gasteiger partial charge in [-0.2, -0.15) is 0 Å². The van der Waals surface area contributed by atoms with Crippen molar-refractivity contribution in [2.24, 2.45) is 0 Å². The molecule has 230 valence electrons. The lowest BCUT2D eigenvalue weighted by Gasteiger charge is -2.30. The monoisotopic (exact) mass is 608 g/mol. The predicted octanol–water partition coefficient (Wildman–Crippen LogP) is 9.26. The molecule has 0 aliphatic heterocycles. The number of aromatic amines is 1. The highest BCUT2D eigenvalue weighted by atomic mass is 32.1. The number of hydrogen-bond acceptors (Lipinski definition) is 5. The molecular weight excluding hydrogens is 565 g/mol. The maximum atomic E-state index is 11.8. The Morgan fingerprint density at radius 2 is 1.59 bits per heavy atom. The number of fused-ring (bicyclic) bond motifs is 1. The highest BCUT2D eigenvalue weighted by molar-refractivity contribution is 7.15. The summed E-state index contributed by atoms with van der Waals surface area (Å²) in [6.07, 6.45) is 2.34. The van der Waals surface area contributed by atoms with Crippen LogP contribution in [0.3, 0.4) is 0 Å². The lowest BCUT2D eigenvalue weighted by atomic mass is 9.94. The minimum atomic E-state index is -0.849. The summed E-state index contributed by atoms with van der Waals surface area (Å²) in [6.45, 7) is 12.4. The molecule has 1 unspecified atom stereocenters. The molecule has 0 spiro atoms. The number of anilines is 1. The average Bonchev–Trinajstić information content (AvgIpc) is 3.68. The normalized spacial score (nSPS) is 12.5. The first-order valence-corrected chi connectivity index (χ1v) is 16.5. The van der Waals surface area contributed by atoms with Gasteiger partial charge in [-0.25, -0.2) is 4.98 Å². The third-order valence-electron chi connectivity index (χ3n) is 8.61. The van der Waals surface area contributed by atoms with Gasteiger partial charge < -0.3 is 15.0 Å². The molecule has 0 saturated carbocycles. The van der Waals surface area contributed by atoms with Gasteiger partial charge >= 0.3 is 5.97 Å². The summed E-state index contributed by atoms with van der Waals surface area (Å²) in [6, 6.07) is 30.3. The lowest BCUT2D eigenvalue weighted by Crippen LogP contribution is -2.32. The second-order valence-electron chi connectivity index (χ2n) is 11.9. The number of thiophene rings is 1. The van der Waals surface area contributed by atoms with E-state index in [1.54, 1.807) is 11.3 Å². The molecule has 0 amide bonds. The van der Waals surface area contributed by atoms with Crippen LogP contribution >= 0.6 is 11.3 Å². The molecule has 44 heavy (non-hydrogen) atoms. The Bertz CT molecular complexity index is 1620. The van der Waals surface area contributed by atoms with E-state index in [0.717, 1.165) is 28.3 Å². The number of nitrogens with zero attached hydrogens (tertiary/aromatic N) is 3. The van der Waals surface area contributed by atoms with Crippen molar-refractivity contribution >= 4 is 34.0 Å². The van der Waals surface area contributed by atoms with E-state index < -0.39 is 5.97 Å². The molecule has 3 aromatic carbocycles. The molecule has 0 saturated heterocycles. The second kappa shape index (κ2) is 14.2. The first-order chi connectivity index (χ1) is 21.2. The topological polar surface area (TPSA) is 72.5 Å². The van der Waals surface area contributed by atoms with E-state index in [0.29, 0.717) is 18.5 Å². The predicted molar refractivity (Wildman–Crippen MR) is 183 cm³/mol. The molecule has 1 atom stereocenters. The molecule has 2 aromatic heterocycles. The molecule has 0 aliphatic rings. The van der Waals surface area contributed by atoms with Crippen molar-refractivity contribution in [3.05, 3.63) is 107 Å². The fourth-order valence-corrected chi connectivity index (χ4v) is 6.95. The van der Waals surface area contributed by atoms with Gasteiger partial charge in [-0.1, -0.05) is 62.4 Å². The molecule has 5 rings (SSSR count). The fraction of sp³-hybridized carbons (Fsp3) is 0.351. The van der Waals surface area contributed by atoms with Crippen molar-refractivity contribution < 1.29 is 9.90 Å². The Hall–Kier alpha value is -3.94. The number of carboxylic acids is 1. The quantitative estimate of drug-likeness (QED) is 0.131. The maximum Gasteiger partial charge on any atom is 0.317 e. The summed E-state index contributed by atoms with van der Waals surface area (Å²) in [5, 5.41) is 9.66. The summed E-state index contributed by atoms with van der Waals surface area (Å²) in [7, 11) is 0. The van der Waals surface area contributed by atoms with E-state index >= 15 is 0 Å². The standard InChI is InChI=1S/C37H44N4O2S/c1-6-28(7-2)29-16-18-31(19-17-29)41(25(3)4)22-27-12-14-30(15-13-27)35-21-20-32(44-35)23-40(24-36(42)43)26(5)37-38-33-10-8-9-11-34(33)39-37/h8-21,25-26,28H,6-7,22-24H2,1-5H3,(H,38,39)(H,42,43). The zero-order valence-corrected chi connectivity index (χ0v) is 27.3. The van der Waals surface area contributed by atoms with Gasteiger partial charge in [0.2, 0.25) is 0 Å². The molecule has 0 radical (unpaired) electrons. The summed E-state index contributed by atoms with van der Waals surface area (Å²) in [4.78, 5) is 26.6. The third kappa shape index (κ3) is 7.40. The number of aromatic nitrogens is 2. The van der Waals surface area contributed by atoms with Crippen molar-refractivity contribution in [3.8, 4) is 10.4 Å². The van der Waals surface area contributed by atoms with E-state index in [2.05, 4.69) is 98.2 Å². The molecule has 7 heteroatoms. The van der Waals surface area contributed by atoms with E-state index in [1.165, 1.54) is 40.1 Å². The highest BCUT2D eigenvalue weighted by Gasteiger charge is 2.22. The Labute approximate surface area is 265 Å². The molecule has 0 fully saturated rings. The van der Waals surface area contributed by atoms with Gasteiger partial charge in [-0.05, 0) is 92.6 Å². The second-order valence-corrected chi connectivity index (χ2v) is 13.1. The van der Waals surface area contributed by atoms with Crippen LogP contribution in [0.25, 0.3) is 21.5 Å². The van der Waals surface area contributed by atoms with E-state index in [-0.39, 0.29) is 12.6 Å². The van der Waals surface area contributed by atoms with Gasteiger partial charge in [0.25, 0.3) is 0 Å². The van der Waals surface area contributed by atoms with Crippen LogP contribution in [0.1, 0.15) is 81.2 Å². The number of carboxylic acid groups (broad SMARTS) is 1. The first kappa shape index (κ1) is 31.5. The van der Waals surface area contributed by atoms with Crippen molar-refractivity contribution in [1.82, 2.24) is 14.9 Å². The molecule has 2 heterocycles. The molecule has 2 N–H and O–H groups in total. The number of rotatable bonds is 14. The SMILES string of the molecule is CCC(CC)c1ccc(N(Cc2ccc(-c3ccc(CN(CC(=O)O)C(C)c4nc5ccccc5[nH]4)s3)cc2)C(C)C)cc1. The van der Waals surface area contributed by atoms with Crippen LogP contribution < -0.4 is 4.90 Å². The van der Waals surface area contributed by atoms with E-state index in [4.69, 9.17) is 4.98 Å². The Morgan fingerprint density at radius 3 is 2.23 bits per heavy atom. The van der Waals surface area contributed by atoms with Crippen LogP contribution in [-0.2, 0) is 17.9 Å². The van der Waals surface area contributed by atoms with Gasteiger partial charge in [-0.3, -0.25) is 9.69 Å². The zero-order valence-electron chi connectivity index (χ0n) is 26.5. The highest BCUT2D eigenvalue weighted by Crippen LogP contribution is 2.32. The molecule has 5 aromatic rings. The number of para-hydroxylation sites is 2. The fourth-order valence-electron chi connectivity index (χ4n) is 5.91. The molecule has 0 aliphatic carbocycles. The van der Waals surface area contributed by atoms with Gasteiger partial charge in [-0.15, -0.1) is 11.3 Å². The molecular formula is C37H44N4O2S. The number of imidazole rings is 1. The van der Waals surface area contributed by atoms with Crippen LogP contribution in [0.15, 0.2) is 84.9 Å². The van der Waals surface area contributed by atoms with Crippen LogP contribution in [0, 0.1) is 0 Å². The lowest BCUT2D eigenvalue weighted by molar-refractivity contribution is -0.139. The minimum Gasteiger partial charge on any atom is -0.480 e. The summed E-state index contributed by atoms with van der Waals surface area (Å²) < 4.78 is 0. The van der Waals surface area contributed by atoms with Crippen LogP contribution in [0.5, 0.6) is 0 Å². The maximum absolute atomic E-state index is 11.8. The average molecular weight is 609 g/mol. The van der Waals surface area contributed by atoms with Crippen molar-refractivity contribution in [1.29, 1.82) is 0 Å².